The largest absolute Gasteiger partial charge is 0.399 e. The molecule has 4 N–H and O–H groups in total. The summed E-state index contributed by atoms with van der Waals surface area (Å²) in [5, 5.41) is 0. The van der Waals surface area contributed by atoms with Crippen molar-refractivity contribution in [2.24, 2.45) is 5.92 Å². The van der Waals surface area contributed by atoms with Crippen LogP contribution in [0.5, 0.6) is 0 Å². The molecule has 3 aliphatic rings. The zero-order valence-electron chi connectivity index (χ0n) is 16.2. The molecule has 0 spiro atoms. The highest BCUT2D eigenvalue weighted by molar-refractivity contribution is 7.85. The van der Waals surface area contributed by atoms with E-state index in [1.54, 1.807) is 0 Å². The number of nitrogens with two attached hydrogens (primary N) is 1. The van der Waals surface area contributed by atoms with Crippen LogP contribution in [0.2, 0.25) is 0 Å². The molecule has 1 saturated carbocycles. The Kier molecular flexibility index (Phi) is 7.32. The molecule has 1 aliphatic carbocycles. The van der Waals surface area contributed by atoms with E-state index in [1.165, 1.54) is 56.7 Å². The number of piperazine rings is 1. The number of rotatable bonds is 2. The van der Waals surface area contributed by atoms with E-state index in [2.05, 4.69) is 21.9 Å². The Balaban J connectivity index is 0.000000237. The van der Waals surface area contributed by atoms with Gasteiger partial charge in [-0.2, -0.15) is 16.8 Å². The Bertz CT molecular complexity index is 838. The maximum Gasteiger partial charge on any atom is 0.261 e. The standard InChI is InChI=1S/C15H21N3.2CH4O3S/c16-13-4-3-12-7-14-10-18(15(12)8-13)6-5-17(14)9-11-1-2-11;2*1-5(2,3)4/h3-4,8,11,14H,1-2,5-7,9-10,16H2;2*1H3,(H,2,3,4). The lowest BCUT2D eigenvalue weighted by Crippen LogP contribution is -2.57. The average Bonchev–Trinajstić information content (AvgIpc) is 3.31. The summed E-state index contributed by atoms with van der Waals surface area (Å²) < 4.78 is 51.7. The molecule has 0 aromatic heterocycles. The third kappa shape index (κ3) is 8.74. The van der Waals surface area contributed by atoms with Crippen molar-refractivity contribution in [3.63, 3.8) is 0 Å². The van der Waals surface area contributed by atoms with Crippen molar-refractivity contribution in [2.45, 2.75) is 25.3 Å². The molecule has 2 fully saturated rings. The van der Waals surface area contributed by atoms with Gasteiger partial charge in [-0.25, -0.2) is 0 Å². The lowest BCUT2D eigenvalue weighted by Gasteiger charge is -2.47. The fraction of sp³-hybridized carbons (Fsp3) is 0.647. The van der Waals surface area contributed by atoms with Gasteiger partial charge in [0.05, 0.1) is 12.5 Å². The molecule has 0 radical (unpaired) electrons. The second kappa shape index (κ2) is 8.95. The van der Waals surface area contributed by atoms with E-state index >= 15 is 0 Å². The number of hydrogen-bond acceptors (Lipinski definition) is 7. The number of benzene rings is 1. The molecular weight excluding hydrogens is 406 g/mol. The van der Waals surface area contributed by atoms with Gasteiger partial charge in [0.1, 0.15) is 0 Å². The molecular formula is C17H29N3O6S2. The summed E-state index contributed by atoms with van der Waals surface area (Å²) in [5.41, 5.74) is 9.69. The van der Waals surface area contributed by atoms with Crippen LogP contribution >= 0.6 is 0 Å². The highest BCUT2D eigenvalue weighted by Gasteiger charge is 2.35. The fourth-order valence-electron chi connectivity index (χ4n) is 3.48. The molecule has 11 heteroatoms. The molecule has 160 valence electrons. The maximum absolute atomic E-state index is 9.19. The van der Waals surface area contributed by atoms with Gasteiger partial charge in [0.2, 0.25) is 0 Å². The van der Waals surface area contributed by atoms with Crippen molar-refractivity contribution in [3.8, 4) is 0 Å². The van der Waals surface area contributed by atoms with Crippen LogP contribution in [0.15, 0.2) is 18.2 Å². The molecule has 1 atom stereocenters. The highest BCUT2D eigenvalue weighted by Crippen LogP contribution is 2.36. The zero-order chi connectivity index (χ0) is 21.1. The van der Waals surface area contributed by atoms with Gasteiger partial charge in [0, 0.05) is 43.6 Å². The van der Waals surface area contributed by atoms with Crippen LogP contribution in [0, 0.1) is 5.92 Å². The minimum Gasteiger partial charge on any atom is -0.399 e. The molecule has 0 amide bonds. The first-order chi connectivity index (χ1) is 12.8. The molecule has 9 nitrogen and oxygen atoms in total. The maximum atomic E-state index is 9.19. The first kappa shape index (κ1) is 22.9. The van der Waals surface area contributed by atoms with Crippen molar-refractivity contribution in [2.75, 3.05) is 49.3 Å². The van der Waals surface area contributed by atoms with Crippen LogP contribution in [-0.4, -0.2) is 75.6 Å². The van der Waals surface area contributed by atoms with Gasteiger partial charge >= 0.3 is 0 Å². The number of hydrogen-bond donors (Lipinski definition) is 3. The summed E-state index contributed by atoms with van der Waals surface area (Å²) in [7, 11) is -7.33. The quantitative estimate of drug-likeness (QED) is 0.453. The third-order valence-corrected chi connectivity index (χ3v) is 4.70. The van der Waals surface area contributed by atoms with E-state index in [9.17, 15) is 16.8 Å². The Hall–Kier alpha value is -1.40. The SMILES string of the molecule is CS(=O)(=O)O.CS(=O)(=O)O.Nc1ccc2c(c1)N1CCN(CC3CC3)C(C2)C1. The summed E-state index contributed by atoms with van der Waals surface area (Å²) in [6.45, 7) is 4.93. The van der Waals surface area contributed by atoms with Crippen LogP contribution < -0.4 is 10.6 Å². The van der Waals surface area contributed by atoms with Crippen LogP contribution in [0.25, 0.3) is 0 Å². The van der Waals surface area contributed by atoms with Gasteiger partial charge in [-0.1, -0.05) is 6.07 Å². The normalized spacial score (nSPS) is 21.6. The molecule has 2 aliphatic heterocycles. The van der Waals surface area contributed by atoms with Crippen molar-refractivity contribution in [1.82, 2.24) is 4.90 Å². The van der Waals surface area contributed by atoms with E-state index < -0.39 is 20.2 Å². The van der Waals surface area contributed by atoms with Crippen molar-refractivity contribution in [1.29, 1.82) is 0 Å². The predicted molar refractivity (Wildman–Crippen MR) is 110 cm³/mol. The highest BCUT2D eigenvalue weighted by atomic mass is 32.2. The second-order valence-electron chi connectivity index (χ2n) is 7.60. The Labute approximate surface area is 167 Å². The third-order valence-electron chi connectivity index (χ3n) is 4.70. The molecule has 1 aromatic rings. The smallest absolute Gasteiger partial charge is 0.261 e. The molecule has 2 heterocycles. The molecule has 1 saturated heterocycles. The van der Waals surface area contributed by atoms with Gasteiger partial charge < -0.3 is 10.6 Å². The van der Waals surface area contributed by atoms with Gasteiger partial charge in [0.25, 0.3) is 20.2 Å². The van der Waals surface area contributed by atoms with Crippen LogP contribution in [0.4, 0.5) is 11.4 Å². The van der Waals surface area contributed by atoms with E-state index in [1.807, 2.05) is 6.07 Å². The fourth-order valence-corrected chi connectivity index (χ4v) is 3.48. The molecule has 4 rings (SSSR count). The Morgan fingerprint density at radius 1 is 1.07 bits per heavy atom. The molecule has 2 bridgehead atoms. The lowest BCUT2D eigenvalue weighted by atomic mass is 9.94. The van der Waals surface area contributed by atoms with Gasteiger partial charge in [-0.3, -0.25) is 14.0 Å². The van der Waals surface area contributed by atoms with Crippen molar-refractivity contribution >= 4 is 31.6 Å². The Morgan fingerprint density at radius 3 is 2.18 bits per heavy atom. The summed E-state index contributed by atoms with van der Waals surface area (Å²) in [6.07, 6.45) is 5.55. The Morgan fingerprint density at radius 2 is 1.64 bits per heavy atom. The summed E-state index contributed by atoms with van der Waals surface area (Å²) in [4.78, 5) is 5.26. The van der Waals surface area contributed by atoms with Gasteiger partial charge in [-0.05, 0) is 42.9 Å². The first-order valence-electron chi connectivity index (χ1n) is 9.02. The summed E-state index contributed by atoms with van der Waals surface area (Å²) in [6, 6.07) is 7.16. The average molecular weight is 436 g/mol. The minimum atomic E-state index is -3.67. The predicted octanol–water partition coefficient (Wildman–Crippen LogP) is 0.734. The van der Waals surface area contributed by atoms with E-state index in [0.717, 1.165) is 17.6 Å². The van der Waals surface area contributed by atoms with Crippen LogP contribution in [0.3, 0.4) is 0 Å². The minimum absolute atomic E-state index is 0.715. The second-order valence-corrected chi connectivity index (χ2v) is 10.5. The summed E-state index contributed by atoms with van der Waals surface area (Å²) in [5.74, 6) is 1.00. The summed E-state index contributed by atoms with van der Waals surface area (Å²) >= 11 is 0. The lowest BCUT2D eigenvalue weighted by molar-refractivity contribution is 0.162. The topological polar surface area (TPSA) is 141 Å². The van der Waals surface area contributed by atoms with Crippen LogP contribution in [-0.2, 0) is 26.7 Å². The molecule has 28 heavy (non-hydrogen) atoms. The first-order valence-corrected chi connectivity index (χ1v) is 12.7. The number of fused-ring (bicyclic) bond motifs is 4. The molecule has 1 aromatic carbocycles. The van der Waals surface area contributed by atoms with E-state index in [-0.39, 0.29) is 0 Å². The number of nitrogen functional groups attached to an aromatic ring is 1. The van der Waals surface area contributed by atoms with Crippen molar-refractivity contribution in [3.05, 3.63) is 23.8 Å². The number of nitrogens with zero attached hydrogens (tertiary/aromatic N) is 2. The molecule has 1 unspecified atom stereocenters. The van der Waals surface area contributed by atoms with Gasteiger partial charge in [-0.15, -0.1) is 0 Å². The zero-order valence-corrected chi connectivity index (χ0v) is 17.8. The monoisotopic (exact) mass is 435 g/mol. The van der Waals surface area contributed by atoms with Crippen LogP contribution in [0.1, 0.15) is 18.4 Å². The van der Waals surface area contributed by atoms with E-state index in [0.29, 0.717) is 12.5 Å². The van der Waals surface area contributed by atoms with Crippen molar-refractivity contribution < 1.29 is 25.9 Å². The van der Waals surface area contributed by atoms with Gasteiger partial charge in [0.15, 0.2) is 0 Å². The van der Waals surface area contributed by atoms with E-state index in [4.69, 9.17) is 14.8 Å². The number of anilines is 2.